The average Bonchev–Trinajstić information content (AvgIpc) is 3.45. The van der Waals surface area contributed by atoms with Crippen LogP contribution in [0.3, 0.4) is 0 Å². The lowest BCUT2D eigenvalue weighted by Gasteiger charge is -2.18. The fraction of sp³-hybridized carbons (Fsp3) is 0.310. The van der Waals surface area contributed by atoms with Gasteiger partial charge in [-0.2, -0.15) is 0 Å². The number of hydrogen-bond donors (Lipinski definition) is 0. The van der Waals surface area contributed by atoms with Gasteiger partial charge in [-0.1, -0.05) is 36.4 Å². The topological polar surface area (TPSA) is 56.6 Å². The number of ether oxygens (including phenoxy) is 2. The van der Waals surface area contributed by atoms with Crippen molar-refractivity contribution in [3.63, 3.8) is 0 Å². The van der Waals surface area contributed by atoms with Crippen LogP contribution in [0.2, 0.25) is 0 Å². The maximum absolute atomic E-state index is 13.0. The van der Waals surface area contributed by atoms with Gasteiger partial charge in [-0.3, -0.25) is 4.79 Å². The lowest BCUT2D eigenvalue weighted by Crippen LogP contribution is -2.24. The molecule has 0 bridgehead atoms. The van der Waals surface area contributed by atoms with E-state index in [9.17, 15) is 4.79 Å². The van der Waals surface area contributed by atoms with Crippen LogP contribution >= 0.6 is 0 Å². The highest BCUT2D eigenvalue weighted by molar-refractivity contribution is 5.96. The number of benzene rings is 3. The number of amides is 1. The monoisotopic (exact) mass is 469 g/mol. The summed E-state index contributed by atoms with van der Waals surface area (Å²) in [5, 5.41) is 0. The van der Waals surface area contributed by atoms with Gasteiger partial charge in [0.15, 0.2) is 0 Å². The van der Waals surface area contributed by atoms with Gasteiger partial charge >= 0.3 is 0 Å². The van der Waals surface area contributed by atoms with E-state index in [4.69, 9.17) is 14.5 Å². The molecule has 35 heavy (non-hydrogen) atoms. The van der Waals surface area contributed by atoms with Crippen LogP contribution in [0.25, 0.3) is 11.0 Å². The summed E-state index contributed by atoms with van der Waals surface area (Å²) >= 11 is 0. The minimum absolute atomic E-state index is 0.0457. The average molecular weight is 470 g/mol. The molecule has 0 spiro atoms. The molecule has 3 aromatic carbocycles. The predicted molar refractivity (Wildman–Crippen MR) is 138 cm³/mol. The molecule has 1 saturated heterocycles. The first-order chi connectivity index (χ1) is 17.1. The van der Waals surface area contributed by atoms with Gasteiger partial charge in [-0.05, 0) is 55.7 Å². The van der Waals surface area contributed by atoms with Crippen LogP contribution < -0.4 is 14.4 Å². The predicted octanol–water partition coefficient (Wildman–Crippen LogP) is 5.73. The molecule has 1 aromatic heterocycles. The summed E-state index contributed by atoms with van der Waals surface area (Å²) in [7, 11) is 1.64. The fourth-order valence-electron chi connectivity index (χ4n) is 4.82. The van der Waals surface area contributed by atoms with Crippen molar-refractivity contribution in [2.75, 3.05) is 25.2 Å². The first kappa shape index (κ1) is 23.0. The molecule has 1 aliphatic heterocycles. The third-order valence-electron chi connectivity index (χ3n) is 6.67. The van der Waals surface area contributed by atoms with Gasteiger partial charge in [-0.25, -0.2) is 4.98 Å². The van der Waals surface area contributed by atoms with Crippen LogP contribution in [0.5, 0.6) is 11.5 Å². The van der Waals surface area contributed by atoms with Gasteiger partial charge in [0.05, 0.1) is 24.8 Å². The van der Waals surface area contributed by atoms with E-state index in [0.717, 1.165) is 59.0 Å². The van der Waals surface area contributed by atoms with Crippen LogP contribution in [0, 0.1) is 6.92 Å². The quantitative estimate of drug-likeness (QED) is 0.294. The van der Waals surface area contributed by atoms with E-state index in [2.05, 4.69) is 23.6 Å². The van der Waals surface area contributed by atoms with Crippen LogP contribution in [0.4, 0.5) is 5.69 Å². The number of anilines is 1. The summed E-state index contributed by atoms with van der Waals surface area (Å²) in [5.74, 6) is 2.85. The fourth-order valence-corrected chi connectivity index (χ4v) is 4.82. The minimum atomic E-state index is 0.0457. The number of aromatic nitrogens is 2. The number of carbonyl (C=O) groups is 1. The van der Waals surface area contributed by atoms with Crippen molar-refractivity contribution in [1.82, 2.24) is 9.55 Å². The Morgan fingerprint density at radius 1 is 1.00 bits per heavy atom. The smallest absolute Gasteiger partial charge is 0.227 e. The number of nitrogens with zero attached hydrogens (tertiary/aromatic N) is 3. The van der Waals surface area contributed by atoms with Crippen molar-refractivity contribution in [1.29, 1.82) is 0 Å². The van der Waals surface area contributed by atoms with Crippen molar-refractivity contribution in [2.45, 2.75) is 38.6 Å². The molecule has 0 unspecified atom stereocenters. The van der Waals surface area contributed by atoms with Crippen molar-refractivity contribution in [2.24, 2.45) is 0 Å². The third-order valence-corrected chi connectivity index (χ3v) is 6.67. The Balaban J connectivity index is 1.30. The highest BCUT2D eigenvalue weighted by atomic mass is 16.5. The summed E-state index contributed by atoms with van der Waals surface area (Å²) in [4.78, 5) is 19.8. The molecule has 6 heteroatoms. The molecule has 0 aliphatic carbocycles. The van der Waals surface area contributed by atoms with E-state index >= 15 is 0 Å². The van der Waals surface area contributed by atoms with Gasteiger partial charge < -0.3 is 18.9 Å². The summed E-state index contributed by atoms with van der Waals surface area (Å²) in [5.41, 5.74) is 4.12. The van der Waals surface area contributed by atoms with Crippen molar-refractivity contribution in [3.05, 3.63) is 84.2 Å². The Hall–Kier alpha value is -3.80. The van der Waals surface area contributed by atoms with E-state index in [1.54, 1.807) is 7.11 Å². The van der Waals surface area contributed by atoms with Crippen LogP contribution in [0.15, 0.2) is 72.8 Å². The molecule has 1 fully saturated rings. The van der Waals surface area contributed by atoms with Gasteiger partial charge in [-0.15, -0.1) is 0 Å². The van der Waals surface area contributed by atoms with E-state index in [1.165, 1.54) is 0 Å². The molecule has 0 radical (unpaired) electrons. The molecule has 1 atom stereocenters. The van der Waals surface area contributed by atoms with Crippen molar-refractivity contribution in [3.8, 4) is 11.5 Å². The molecule has 180 valence electrons. The number of aryl methyl sites for hydroxylation is 2. The summed E-state index contributed by atoms with van der Waals surface area (Å²) in [6.45, 7) is 4.21. The lowest BCUT2D eigenvalue weighted by atomic mass is 10.1. The largest absolute Gasteiger partial charge is 0.497 e. The summed E-state index contributed by atoms with van der Waals surface area (Å²) < 4.78 is 13.6. The molecule has 5 rings (SSSR count). The number of carbonyl (C=O) groups excluding carboxylic acids is 1. The molecular formula is C29H31N3O3. The molecule has 0 saturated carbocycles. The highest BCUT2D eigenvalue weighted by Gasteiger charge is 2.35. The number of unbranched alkanes of at least 4 members (excludes halogenated alkanes) is 1. The molecule has 1 amide bonds. The second-order valence-corrected chi connectivity index (χ2v) is 9.04. The Morgan fingerprint density at radius 2 is 1.83 bits per heavy atom. The SMILES string of the molecule is COc1cccc(N2C[C@H](c3nc4ccccc4n3CCCCOc3ccccc3C)CC2=O)c1. The Kier molecular flexibility index (Phi) is 6.70. The van der Waals surface area contributed by atoms with Gasteiger partial charge in [0.2, 0.25) is 5.91 Å². The standard InChI is InChI=1S/C29H31N3O3/c1-21-10-3-6-15-27(21)35-17-8-7-16-31-26-14-5-4-13-25(26)30-29(31)22-18-28(33)32(20-22)23-11-9-12-24(19-23)34-2/h3-6,9-15,19,22H,7-8,16-18,20H2,1-2H3/t22-/m1/s1. The molecular weight excluding hydrogens is 438 g/mol. The number of hydrogen-bond acceptors (Lipinski definition) is 4. The number of methoxy groups -OCH3 is 1. The lowest BCUT2D eigenvalue weighted by molar-refractivity contribution is -0.117. The van der Waals surface area contributed by atoms with Crippen LogP contribution in [-0.4, -0.2) is 35.7 Å². The minimum Gasteiger partial charge on any atom is -0.497 e. The van der Waals surface area contributed by atoms with Gasteiger partial charge in [0, 0.05) is 37.2 Å². The number of para-hydroxylation sites is 3. The number of imidazole rings is 1. The second-order valence-electron chi connectivity index (χ2n) is 9.04. The van der Waals surface area contributed by atoms with Gasteiger partial charge in [0.25, 0.3) is 0 Å². The van der Waals surface area contributed by atoms with E-state index in [1.807, 2.05) is 65.6 Å². The zero-order valence-electron chi connectivity index (χ0n) is 20.3. The number of rotatable bonds is 9. The van der Waals surface area contributed by atoms with Crippen molar-refractivity contribution >= 4 is 22.6 Å². The van der Waals surface area contributed by atoms with Crippen LogP contribution in [-0.2, 0) is 11.3 Å². The number of fused-ring (bicyclic) bond motifs is 1. The molecule has 0 N–H and O–H groups in total. The van der Waals surface area contributed by atoms with Gasteiger partial charge in [0.1, 0.15) is 17.3 Å². The van der Waals surface area contributed by atoms with E-state index in [-0.39, 0.29) is 11.8 Å². The Morgan fingerprint density at radius 3 is 2.69 bits per heavy atom. The molecule has 1 aliphatic rings. The zero-order chi connectivity index (χ0) is 24.2. The Labute approximate surface area is 206 Å². The van der Waals surface area contributed by atoms with E-state index in [0.29, 0.717) is 19.6 Å². The summed E-state index contributed by atoms with van der Waals surface area (Å²) in [6.07, 6.45) is 2.37. The molecule has 2 heterocycles. The summed E-state index contributed by atoms with van der Waals surface area (Å²) in [6, 6.07) is 24.0. The zero-order valence-corrected chi connectivity index (χ0v) is 20.3. The van der Waals surface area contributed by atoms with Crippen molar-refractivity contribution < 1.29 is 14.3 Å². The second kappa shape index (κ2) is 10.2. The van der Waals surface area contributed by atoms with E-state index < -0.39 is 0 Å². The Bertz CT molecular complexity index is 1330. The first-order valence-corrected chi connectivity index (χ1v) is 12.2. The first-order valence-electron chi connectivity index (χ1n) is 12.2. The maximum Gasteiger partial charge on any atom is 0.227 e. The maximum atomic E-state index is 13.0. The normalized spacial score (nSPS) is 15.7. The molecule has 4 aromatic rings. The third kappa shape index (κ3) is 4.87. The highest BCUT2D eigenvalue weighted by Crippen LogP contribution is 2.34. The molecule has 6 nitrogen and oxygen atoms in total. The van der Waals surface area contributed by atoms with Crippen LogP contribution in [0.1, 0.15) is 36.6 Å².